The van der Waals surface area contributed by atoms with Gasteiger partial charge >= 0.3 is 5.69 Å². The second-order valence-corrected chi connectivity index (χ2v) is 5.40. The van der Waals surface area contributed by atoms with Crippen molar-refractivity contribution < 1.29 is 14.1 Å². The highest BCUT2D eigenvalue weighted by Crippen LogP contribution is 2.26. The number of hydrogen-bond acceptors (Lipinski definition) is 3. The number of rotatable bonds is 5. The maximum atomic E-state index is 13.5. The van der Waals surface area contributed by atoms with Gasteiger partial charge in [-0.15, -0.1) is 11.6 Å². The van der Waals surface area contributed by atoms with Crippen molar-refractivity contribution in [1.29, 1.82) is 0 Å². The van der Waals surface area contributed by atoms with E-state index in [9.17, 15) is 14.5 Å². The van der Waals surface area contributed by atoms with E-state index < -0.39 is 16.4 Å². The first-order chi connectivity index (χ1) is 10.0. The number of ether oxygens (including phenoxy) is 1. The molecule has 0 aliphatic heterocycles. The molecule has 0 spiro atoms. The molecule has 0 aliphatic carbocycles. The summed E-state index contributed by atoms with van der Waals surface area (Å²) in [5, 5.41) is 10.5. The summed E-state index contributed by atoms with van der Waals surface area (Å²) in [6, 6.07) is 9.07. The Kier molecular flexibility index (Phi) is 5.14. The molecule has 0 saturated heterocycles. The molecule has 7 heteroatoms. The lowest BCUT2D eigenvalue weighted by atomic mass is 10.2. The predicted octanol–water partition coefficient (Wildman–Crippen LogP) is 4.81. The van der Waals surface area contributed by atoms with Gasteiger partial charge in [-0.05, 0) is 35.9 Å². The molecule has 2 aromatic carbocycles. The first-order valence-electron chi connectivity index (χ1n) is 5.91. The summed E-state index contributed by atoms with van der Waals surface area (Å²) < 4.78 is 20.0. The van der Waals surface area contributed by atoms with Crippen molar-refractivity contribution >= 4 is 33.2 Å². The van der Waals surface area contributed by atoms with Crippen molar-refractivity contribution in [1.82, 2.24) is 0 Å². The van der Waals surface area contributed by atoms with E-state index in [0.717, 1.165) is 22.2 Å². The van der Waals surface area contributed by atoms with Gasteiger partial charge in [0.2, 0.25) is 5.82 Å². The van der Waals surface area contributed by atoms with Gasteiger partial charge in [0, 0.05) is 16.1 Å². The highest BCUT2D eigenvalue weighted by molar-refractivity contribution is 9.10. The van der Waals surface area contributed by atoms with E-state index in [4.69, 9.17) is 16.3 Å². The van der Waals surface area contributed by atoms with Crippen LogP contribution < -0.4 is 4.74 Å². The van der Waals surface area contributed by atoms with Gasteiger partial charge in [0.15, 0.2) is 0 Å². The standard InChI is InChI=1S/C14H10BrClFNO3/c15-11-2-4-14(10(6-11)7-16)21-8-9-1-3-13(18(19)20)12(17)5-9/h1-6H,7-8H2. The summed E-state index contributed by atoms with van der Waals surface area (Å²) in [5.41, 5.74) is 0.749. The second kappa shape index (κ2) is 6.87. The SMILES string of the molecule is O=[N+]([O-])c1ccc(COc2ccc(Br)cc2CCl)cc1F. The third-order valence-corrected chi connectivity index (χ3v) is 3.55. The number of nitro benzene ring substituents is 1. The fourth-order valence-corrected chi connectivity index (χ4v) is 2.36. The van der Waals surface area contributed by atoms with Gasteiger partial charge in [0.1, 0.15) is 12.4 Å². The Labute approximate surface area is 133 Å². The van der Waals surface area contributed by atoms with Crippen molar-refractivity contribution in [3.05, 3.63) is 67.9 Å². The Bertz CT molecular complexity index is 681. The van der Waals surface area contributed by atoms with Gasteiger partial charge in [-0.3, -0.25) is 10.1 Å². The van der Waals surface area contributed by atoms with Crippen LogP contribution in [0.1, 0.15) is 11.1 Å². The number of nitro groups is 1. The van der Waals surface area contributed by atoms with Gasteiger partial charge in [-0.1, -0.05) is 15.9 Å². The van der Waals surface area contributed by atoms with E-state index >= 15 is 0 Å². The van der Waals surface area contributed by atoms with Crippen LogP contribution in [-0.2, 0) is 12.5 Å². The zero-order valence-electron chi connectivity index (χ0n) is 10.7. The fraction of sp³-hybridized carbons (Fsp3) is 0.143. The van der Waals surface area contributed by atoms with Crippen LogP contribution in [0.3, 0.4) is 0 Å². The van der Waals surface area contributed by atoms with Crippen LogP contribution in [0.25, 0.3) is 0 Å². The minimum Gasteiger partial charge on any atom is -0.489 e. The lowest BCUT2D eigenvalue weighted by molar-refractivity contribution is -0.387. The maximum absolute atomic E-state index is 13.5. The van der Waals surface area contributed by atoms with Crippen molar-refractivity contribution in [2.24, 2.45) is 0 Å². The Balaban J connectivity index is 2.13. The zero-order chi connectivity index (χ0) is 15.4. The summed E-state index contributed by atoms with van der Waals surface area (Å²) in [6.07, 6.45) is 0. The van der Waals surface area contributed by atoms with Crippen molar-refractivity contribution in [2.45, 2.75) is 12.5 Å². The average molecular weight is 375 g/mol. The van der Waals surface area contributed by atoms with Gasteiger partial charge in [-0.2, -0.15) is 4.39 Å². The van der Waals surface area contributed by atoms with Gasteiger partial charge in [-0.25, -0.2) is 0 Å². The van der Waals surface area contributed by atoms with Crippen LogP contribution in [-0.4, -0.2) is 4.92 Å². The van der Waals surface area contributed by atoms with Crippen LogP contribution >= 0.6 is 27.5 Å². The summed E-state index contributed by atoms with van der Waals surface area (Å²) in [6.45, 7) is 0.0977. The second-order valence-electron chi connectivity index (χ2n) is 4.22. The molecule has 0 atom stereocenters. The minimum absolute atomic E-state index is 0.0977. The number of hydrogen-bond donors (Lipinski definition) is 0. The molecule has 2 rings (SSSR count). The van der Waals surface area contributed by atoms with Crippen LogP contribution in [0.15, 0.2) is 40.9 Å². The number of nitrogens with zero attached hydrogens (tertiary/aromatic N) is 1. The summed E-state index contributed by atoms with van der Waals surface area (Å²) in [7, 11) is 0. The molecule has 0 N–H and O–H groups in total. The van der Waals surface area contributed by atoms with E-state index in [0.29, 0.717) is 11.3 Å². The smallest absolute Gasteiger partial charge is 0.304 e. The molecule has 0 heterocycles. The predicted molar refractivity (Wildman–Crippen MR) is 81.1 cm³/mol. The van der Waals surface area contributed by atoms with Crippen molar-refractivity contribution in [2.75, 3.05) is 0 Å². The molecule has 0 aliphatic rings. The Morgan fingerprint density at radius 1 is 1.29 bits per heavy atom. The van der Waals surface area contributed by atoms with Crippen molar-refractivity contribution in [3.8, 4) is 5.75 Å². The largest absolute Gasteiger partial charge is 0.489 e. The summed E-state index contributed by atoms with van der Waals surface area (Å²) >= 11 is 9.17. The Morgan fingerprint density at radius 3 is 2.67 bits per heavy atom. The zero-order valence-corrected chi connectivity index (χ0v) is 13.0. The lowest BCUT2D eigenvalue weighted by Gasteiger charge is -2.10. The molecule has 0 bridgehead atoms. The molecule has 4 nitrogen and oxygen atoms in total. The van der Waals surface area contributed by atoms with E-state index in [-0.39, 0.29) is 12.5 Å². The molecular formula is C14H10BrClFNO3. The molecule has 0 aromatic heterocycles. The highest BCUT2D eigenvalue weighted by Gasteiger charge is 2.14. The Morgan fingerprint density at radius 2 is 2.05 bits per heavy atom. The molecule has 0 fully saturated rings. The quantitative estimate of drug-likeness (QED) is 0.428. The van der Waals surface area contributed by atoms with Gasteiger partial charge < -0.3 is 4.74 Å². The lowest BCUT2D eigenvalue weighted by Crippen LogP contribution is -2.00. The molecule has 110 valence electrons. The highest BCUT2D eigenvalue weighted by atomic mass is 79.9. The average Bonchev–Trinajstić information content (AvgIpc) is 2.45. The third kappa shape index (κ3) is 3.92. The molecule has 0 unspecified atom stereocenters. The third-order valence-electron chi connectivity index (χ3n) is 2.77. The van der Waals surface area contributed by atoms with E-state index in [1.54, 1.807) is 6.07 Å². The maximum Gasteiger partial charge on any atom is 0.304 e. The number of benzene rings is 2. The summed E-state index contributed by atoms with van der Waals surface area (Å²) in [4.78, 5) is 9.78. The molecular weight excluding hydrogens is 365 g/mol. The normalized spacial score (nSPS) is 10.4. The van der Waals surface area contributed by atoms with Crippen molar-refractivity contribution in [3.63, 3.8) is 0 Å². The molecule has 0 radical (unpaired) electrons. The Hall–Kier alpha value is -1.66. The number of alkyl halides is 1. The van der Waals surface area contributed by atoms with Crippen LogP contribution in [0.4, 0.5) is 10.1 Å². The van der Waals surface area contributed by atoms with E-state index in [1.807, 2.05) is 12.1 Å². The van der Waals surface area contributed by atoms with Crippen LogP contribution in [0.5, 0.6) is 5.75 Å². The first-order valence-corrected chi connectivity index (χ1v) is 7.24. The van der Waals surface area contributed by atoms with E-state index in [1.165, 1.54) is 6.07 Å². The van der Waals surface area contributed by atoms with Gasteiger partial charge in [0.25, 0.3) is 0 Å². The minimum atomic E-state index is -0.880. The number of halogens is 3. The monoisotopic (exact) mass is 373 g/mol. The van der Waals surface area contributed by atoms with Gasteiger partial charge in [0.05, 0.1) is 10.8 Å². The fourth-order valence-electron chi connectivity index (χ4n) is 1.74. The van der Waals surface area contributed by atoms with E-state index in [2.05, 4.69) is 15.9 Å². The topological polar surface area (TPSA) is 52.4 Å². The molecule has 2 aromatic rings. The summed E-state index contributed by atoms with van der Waals surface area (Å²) in [5.74, 6) is -0.00919. The molecule has 0 amide bonds. The first kappa shape index (κ1) is 15.7. The molecule has 21 heavy (non-hydrogen) atoms. The van der Waals surface area contributed by atoms with Crippen LogP contribution in [0, 0.1) is 15.9 Å². The molecule has 0 saturated carbocycles. The van der Waals surface area contributed by atoms with Crippen LogP contribution in [0.2, 0.25) is 0 Å².